The van der Waals surface area contributed by atoms with E-state index < -0.39 is 5.91 Å². The van der Waals surface area contributed by atoms with Crippen molar-refractivity contribution in [1.82, 2.24) is 0 Å². The molecule has 0 aliphatic rings. The van der Waals surface area contributed by atoms with Crippen LogP contribution >= 0.6 is 11.6 Å². The Kier molecular flexibility index (Phi) is 7.18. The number of hydrogen-bond donors (Lipinski definition) is 2. The lowest BCUT2D eigenvalue weighted by Crippen LogP contribution is -2.16. The first-order chi connectivity index (χ1) is 10.1. The number of nitrogens with zero attached hydrogens (tertiary/aromatic N) is 1. The number of benzene rings is 1. The second-order valence-electron chi connectivity index (χ2n) is 4.17. The maximum absolute atomic E-state index is 12.4. The summed E-state index contributed by atoms with van der Waals surface area (Å²) >= 11 is 5.76. The average Bonchev–Trinajstić information content (AvgIpc) is 2.50. The number of rotatable bonds is 6. The van der Waals surface area contributed by atoms with Crippen LogP contribution in [0.3, 0.4) is 0 Å². The Hall–Kier alpha value is -2.14. The van der Waals surface area contributed by atoms with Crippen molar-refractivity contribution in [3.05, 3.63) is 53.0 Å². The van der Waals surface area contributed by atoms with Crippen molar-refractivity contribution in [3.8, 4) is 0 Å². The maximum atomic E-state index is 12.4. The largest absolute Gasteiger partial charge is 0.404 e. The molecule has 0 heterocycles. The molecule has 1 aromatic rings. The van der Waals surface area contributed by atoms with Crippen LogP contribution in [0.15, 0.2) is 52.9 Å². The van der Waals surface area contributed by atoms with Crippen LogP contribution in [-0.2, 0) is 4.79 Å². The molecular formula is C15H17ClFN3O. The molecule has 0 saturated heterocycles. The van der Waals surface area contributed by atoms with E-state index in [0.717, 1.165) is 6.20 Å². The molecule has 0 aromatic heterocycles. The number of nitrogens with two attached hydrogens (primary N) is 1. The topological polar surface area (TPSA) is 67.5 Å². The molecule has 0 radical (unpaired) electrons. The molecule has 0 bridgehead atoms. The number of halogens is 2. The van der Waals surface area contributed by atoms with Gasteiger partial charge in [0, 0.05) is 23.1 Å². The predicted octanol–water partition coefficient (Wildman–Crippen LogP) is 3.46. The Morgan fingerprint density at radius 2 is 2.10 bits per heavy atom. The number of hydrogen-bond acceptors (Lipinski definition) is 3. The van der Waals surface area contributed by atoms with Crippen LogP contribution in [0, 0.1) is 0 Å². The van der Waals surface area contributed by atoms with Crippen molar-refractivity contribution in [2.45, 2.75) is 13.3 Å². The fourth-order valence-corrected chi connectivity index (χ4v) is 1.52. The summed E-state index contributed by atoms with van der Waals surface area (Å²) in [6, 6.07) is 6.67. The minimum atomic E-state index is -0.397. The van der Waals surface area contributed by atoms with E-state index in [-0.39, 0.29) is 12.1 Å². The third kappa shape index (κ3) is 5.79. The van der Waals surface area contributed by atoms with Gasteiger partial charge in [-0.05, 0) is 36.3 Å². The van der Waals surface area contributed by atoms with Gasteiger partial charge in [-0.15, -0.1) is 0 Å². The fourth-order valence-electron chi connectivity index (χ4n) is 1.40. The summed E-state index contributed by atoms with van der Waals surface area (Å²) in [5.41, 5.74) is 6.74. The van der Waals surface area contributed by atoms with Gasteiger partial charge < -0.3 is 11.1 Å². The molecule has 0 fully saturated rings. The summed E-state index contributed by atoms with van der Waals surface area (Å²) in [6.45, 7) is 2.02. The van der Waals surface area contributed by atoms with Crippen molar-refractivity contribution in [2.24, 2.45) is 10.7 Å². The molecule has 0 aliphatic carbocycles. The van der Waals surface area contributed by atoms with Crippen LogP contribution in [0.5, 0.6) is 0 Å². The first-order valence-corrected chi connectivity index (χ1v) is 6.75. The SMILES string of the molecule is CC/C(=C\F)CN=CC(=CN)C(=O)Nc1ccc(Cl)cc1. The second kappa shape index (κ2) is 8.92. The van der Waals surface area contributed by atoms with Gasteiger partial charge in [0.1, 0.15) is 0 Å². The van der Waals surface area contributed by atoms with Gasteiger partial charge in [0.15, 0.2) is 0 Å². The normalized spacial score (nSPS) is 12.7. The highest BCUT2D eigenvalue weighted by molar-refractivity contribution is 6.30. The highest BCUT2D eigenvalue weighted by Crippen LogP contribution is 2.13. The van der Waals surface area contributed by atoms with E-state index in [4.69, 9.17) is 17.3 Å². The first kappa shape index (κ1) is 16.9. The Bertz CT molecular complexity index is 565. The van der Waals surface area contributed by atoms with Crippen LogP contribution < -0.4 is 11.1 Å². The molecule has 1 aromatic carbocycles. The highest BCUT2D eigenvalue weighted by atomic mass is 35.5. The molecule has 4 nitrogen and oxygen atoms in total. The van der Waals surface area contributed by atoms with Crippen molar-refractivity contribution in [1.29, 1.82) is 0 Å². The zero-order chi connectivity index (χ0) is 15.7. The molecule has 0 aliphatic heterocycles. The molecule has 3 N–H and O–H groups in total. The minimum Gasteiger partial charge on any atom is -0.404 e. The third-order valence-corrected chi connectivity index (χ3v) is 2.93. The van der Waals surface area contributed by atoms with Gasteiger partial charge in [0.25, 0.3) is 5.91 Å². The monoisotopic (exact) mass is 309 g/mol. The summed E-state index contributed by atoms with van der Waals surface area (Å²) in [7, 11) is 0. The lowest BCUT2D eigenvalue weighted by Gasteiger charge is -2.05. The average molecular weight is 310 g/mol. The van der Waals surface area contributed by atoms with E-state index in [1.807, 2.05) is 6.92 Å². The lowest BCUT2D eigenvalue weighted by molar-refractivity contribution is -0.112. The Morgan fingerprint density at radius 3 is 2.62 bits per heavy atom. The highest BCUT2D eigenvalue weighted by Gasteiger charge is 2.07. The van der Waals surface area contributed by atoms with E-state index >= 15 is 0 Å². The van der Waals surface area contributed by atoms with Crippen molar-refractivity contribution in [3.63, 3.8) is 0 Å². The molecule has 0 spiro atoms. The van der Waals surface area contributed by atoms with Gasteiger partial charge in [-0.25, -0.2) is 4.39 Å². The van der Waals surface area contributed by atoms with Crippen LogP contribution in [0.4, 0.5) is 10.1 Å². The van der Waals surface area contributed by atoms with Crippen molar-refractivity contribution >= 4 is 29.4 Å². The second-order valence-corrected chi connectivity index (χ2v) is 4.61. The summed E-state index contributed by atoms with van der Waals surface area (Å²) < 4.78 is 12.4. The van der Waals surface area contributed by atoms with Gasteiger partial charge in [-0.1, -0.05) is 18.5 Å². The van der Waals surface area contributed by atoms with E-state index in [9.17, 15) is 9.18 Å². The fraction of sp³-hybridized carbons (Fsp3) is 0.200. The molecule has 112 valence electrons. The van der Waals surface area contributed by atoms with Crippen LogP contribution in [0.1, 0.15) is 13.3 Å². The van der Waals surface area contributed by atoms with E-state index in [1.165, 1.54) is 6.21 Å². The number of aliphatic imine (C=N–C) groups is 1. The van der Waals surface area contributed by atoms with Crippen molar-refractivity contribution < 1.29 is 9.18 Å². The number of nitrogens with one attached hydrogen (secondary N) is 1. The molecule has 1 rings (SSSR count). The van der Waals surface area contributed by atoms with Gasteiger partial charge in [-0.2, -0.15) is 0 Å². The molecule has 0 atom stereocenters. The molecular weight excluding hydrogens is 293 g/mol. The smallest absolute Gasteiger partial charge is 0.258 e. The zero-order valence-electron chi connectivity index (χ0n) is 11.6. The molecule has 1 amide bonds. The van der Waals surface area contributed by atoms with E-state index in [1.54, 1.807) is 24.3 Å². The van der Waals surface area contributed by atoms with Crippen LogP contribution in [-0.4, -0.2) is 18.7 Å². The summed E-state index contributed by atoms with van der Waals surface area (Å²) in [5, 5.41) is 3.24. The van der Waals surface area contributed by atoms with E-state index in [0.29, 0.717) is 29.0 Å². The number of anilines is 1. The molecule has 0 unspecified atom stereocenters. The lowest BCUT2D eigenvalue weighted by atomic mass is 10.2. The van der Waals surface area contributed by atoms with Gasteiger partial charge in [0.2, 0.25) is 0 Å². The van der Waals surface area contributed by atoms with Gasteiger partial charge >= 0.3 is 0 Å². The standard InChI is InChI=1S/C15H17ClFN3O/c1-2-11(7-17)9-19-10-12(8-18)15(21)20-14-5-3-13(16)4-6-14/h3-8,10H,2,9,18H2,1H3,(H,20,21)/b11-7+,12-8?,19-10?. The summed E-state index contributed by atoms with van der Waals surface area (Å²) in [4.78, 5) is 16.0. The number of carbonyl (C=O) groups excluding carboxylic acids is 1. The minimum absolute atomic E-state index is 0.193. The molecule has 6 heteroatoms. The third-order valence-electron chi connectivity index (χ3n) is 2.68. The quantitative estimate of drug-likeness (QED) is 0.624. The van der Waals surface area contributed by atoms with Crippen LogP contribution in [0.25, 0.3) is 0 Å². The first-order valence-electron chi connectivity index (χ1n) is 6.37. The van der Waals surface area contributed by atoms with E-state index in [2.05, 4.69) is 10.3 Å². The number of carbonyl (C=O) groups is 1. The van der Waals surface area contributed by atoms with Crippen LogP contribution in [0.2, 0.25) is 5.02 Å². The maximum Gasteiger partial charge on any atom is 0.258 e. The predicted molar refractivity (Wildman–Crippen MR) is 85.2 cm³/mol. The number of amides is 1. The Labute approximate surface area is 128 Å². The van der Waals surface area contributed by atoms with Crippen molar-refractivity contribution in [2.75, 3.05) is 11.9 Å². The zero-order valence-corrected chi connectivity index (χ0v) is 12.4. The molecule has 0 saturated carbocycles. The van der Waals surface area contributed by atoms with Gasteiger partial charge in [0.05, 0.1) is 18.4 Å². The molecule has 21 heavy (non-hydrogen) atoms. The summed E-state index contributed by atoms with van der Waals surface area (Å²) in [5.74, 6) is -0.397. The summed E-state index contributed by atoms with van der Waals surface area (Å²) in [6.07, 6.45) is 3.56. The Morgan fingerprint density at radius 1 is 1.43 bits per heavy atom. The Balaban J connectivity index is 2.66. The van der Waals surface area contributed by atoms with Gasteiger partial charge in [-0.3, -0.25) is 9.79 Å².